The van der Waals surface area contributed by atoms with Gasteiger partial charge in [-0.2, -0.15) is 0 Å². The van der Waals surface area contributed by atoms with Crippen molar-refractivity contribution in [1.29, 1.82) is 0 Å². The van der Waals surface area contributed by atoms with Gasteiger partial charge in [-0.15, -0.1) is 0 Å². The molecule has 0 aliphatic rings. The van der Waals surface area contributed by atoms with Gasteiger partial charge in [0.2, 0.25) is 0 Å². The van der Waals surface area contributed by atoms with Crippen molar-refractivity contribution in [1.82, 2.24) is 4.98 Å². The van der Waals surface area contributed by atoms with Crippen LogP contribution in [0, 0.1) is 6.92 Å². The molecule has 0 atom stereocenters. The van der Waals surface area contributed by atoms with Crippen LogP contribution in [0.15, 0.2) is 34.9 Å². The molecule has 0 aliphatic carbocycles. The first-order chi connectivity index (χ1) is 5.75. The third-order valence-electron chi connectivity index (χ3n) is 1.78. The van der Waals surface area contributed by atoms with Gasteiger partial charge in [-0.25, -0.2) is 0 Å². The maximum atomic E-state index is 4.30. The smallest absolute Gasteiger partial charge is 0.0702 e. The molecule has 1 nitrogen and oxygen atoms in total. The molecule has 1 aromatic heterocycles. The summed E-state index contributed by atoms with van der Waals surface area (Å²) in [5.41, 5.74) is 2.24. The van der Waals surface area contributed by atoms with E-state index < -0.39 is 0 Å². The van der Waals surface area contributed by atoms with Crippen molar-refractivity contribution in [2.45, 2.75) is 6.92 Å². The lowest BCUT2D eigenvalue weighted by Gasteiger charge is -1.98. The van der Waals surface area contributed by atoms with Crippen LogP contribution in [0.1, 0.15) is 5.56 Å². The standard InChI is InChI=1S/C10H8BrN/c1-7-4-8-5-9(11)2-3-10(8)12-6-7/h2-6H,1H3. The zero-order valence-electron chi connectivity index (χ0n) is 6.71. The van der Waals surface area contributed by atoms with E-state index in [1.807, 2.05) is 25.3 Å². The maximum absolute atomic E-state index is 4.30. The van der Waals surface area contributed by atoms with E-state index in [1.165, 1.54) is 10.9 Å². The van der Waals surface area contributed by atoms with Gasteiger partial charge in [0.1, 0.15) is 0 Å². The van der Waals surface area contributed by atoms with Crippen molar-refractivity contribution in [3.8, 4) is 0 Å². The lowest BCUT2D eigenvalue weighted by Crippen LogP contribution is -1.80. The van der Waals surface area contributed by atoms with Crippen molar-refractivity contribution in [3.63, 3.8) is 0 Å². The number of pyridine rings is 1. The van der Waals surface area contributed by atoms with Gasteiger partial charge in [0.25, 0.3) is 0 Å². The molecule has 12 heavy (non-hydrogen) atoms. The van der Waals surface area contributed by atoms with Crippen LogP contribution in [0.2, 0.25) is 0 Å². The van der Waals surface area contributed by atoms with Crippen LogP contribution in [0.5, 0.6) is 0 Å². The summed E-state index contributed by atoms with van der Waals surface area (Å²) in [5.74, 6) is 0. The minimum Gasteiger partial charge on any atom is -0.256 e. The van der Waals surface area contributed by atoms with Gasteiger partial charge in [-0.05, 0) is 36.8 Å². The van der Waals surface area contributed by atoms with Crippen molar-refractivity contribution in [2.75, 3.05) is 0 Å². The number of fused-ring (bicyclic) bond motifs is 1. The number of nitrogens with zero attached hydrogens (tertiary/aromatic N) is 1. The first-order valence-electron chi connectivity index (χ1n) is 3.77. The van der Waals surface area contributed by atoms with E-state index in [9.17, 15) is 0 Å². The zero-order chi connectivity index (χ0) is 8.55. The molecular weight excluding hydrogens is 214 g/mol. The second-order valence-electron chi connectivity index (χ2n) is 2.85. The Hall–Kier alpha value is -0.890. The molecule has 2 aromatic rings. The summed E-state index contributed by atoms with van der Waals surface area (Å²) >= 11 is 3.43. The normalized spacial score (nSPS) is 10.5. The number of aromatic nitrogens is 1. The molecule has 0 N–H and O–H groups in total. The number of hydrogen-bond acceptors (Lipinski definition) is 1. The monoisotopic (exact) mass is 221 g/mol. The molecule has 0 unspecified atom stereocenters. The quantitative estimate of drug-likeness (QED) is 0.666. The number of rotatable bonds is 0. The van der Waals surface area contributed by atoms with Gasteiger partial charge in [-0.3, -0.25) is 4.98 Å². The second-order valence-corrected chi connectivity index (χ2v) is 3.77. The molecule has 1 aromatic carbocycles. The minimum atomic E-state index is 1.05. The highest BCUT2D eigenvalue weighted by Crippen LogP contribution is 2.18. The van der Waals surface area contributed by atoms with Crippen molar-refractivity contribution in [3.05, 3.63) is 40.5 Å². The van der Waals surface area contributed by atoms with Crippen molar-refractivity contribution < 1.29 is 0 Å². The minimum absolute atomic E-state index is 1.05. The van der Waals surface area contributed by atoms with Gasteiger partial charge in [0, 0.05) is 16.1 Å². The van der Waals surface area contributed by atoms with Gasteiger partial charge in [-0.1, -0.05) is 15.9 Å². The van der Waals surface area contributed by atoms with Gasteiger partial charge in [0.05, 0.1) is 5.52 Å². The Balaban J connectivity index is 2.80. The summed E-state index contributed by atoms with van der Waals surface area (Å²) in [4.78, 5) is 4.30. The number of halogens is 1. The first kappa shape index (κ1) is 7.74. The highest BCUT2D eigenvalue weighted by Gasteiger charge is 1.94. The maximum Gasteiger partial charge on any atom is 0.0702 e. The van der Waals surface area contributed by atoms with Crippen LogP contribution in [0.3, 0.4) is 0 Å². The van der Waals surface area contributed by atoms with Gasteiger partial charge in [0.15, 0.2) is 0 Å². The number of hydrogen-bond donors (Lipinski definition) is 0. The topological polar surface area (TPSA) is 12.9 Å². The van der Waals surface area contributed by atoms with E-state index in [1.54, 1.807) is 0 Å². The van der Waals surface area contributed by atoms with E-state index in [0.29, 0.717) is 0 Å². The van der Waals surface area contributed by atoms with E-state index >= 15 is 0 Å². The van der Waals surface area contributed by atoms with Crippen LogP contribution in [-0.2, 0) is 0 Å². The molecule has 0 saturated heterocycles. The zero-order valence-corrected chi connectivity index (χ0v) is 8.30. The van der Waals surface area contributed by atoms with Crippen LogP contribution < -0.4 is 0 Å². The summed E-state index contributed by atoms with van der Waals surface area (Å²) in [6, 6.07) is 8.23. The van der Waals surface area contributed by atoms with Gasteiger partial charge >= 0.3 is 0 Å². The third kappa shape index (κ3) is 1.34. The largest absolute Gasteiger partial charge is 0.256 e. The third-order valence-corrected chi connectivity index (χ3v) is 2.27. The number of aryl methyl sites for hydroxylation is 1. The molecule has 0 spiro atoms. The summed E-state index contributed by atoms with van der Waals surface area (Å²) in [5, 5.41) is 1.18. The van der Waals surface area contributed by atoms with E-state index in [2.05, 4.69) is 33.0 Å². The predicted molar refractivity (Wildman–Crippen MR) is 54.2 cm³/mol. The van der Waals surface area contributed by atoms with Crippen molar-refractivity contribution >= 4 is 26.8 Å². The predicted octanol–water partition coefficient (Wildman–Crippen LogP) is 3.31. The summed E-state index contributed by atoms with van der Waals surface area (Å²) in [7, 11) is 0. The fourth-order valence-electron chi connectivity index (χ4n) is 1.21. The van der Waals surface area contributed by atoms with Crippen LogP contribution in [-0.4, -0.2) is 4.98 Å². The highest BCUT2D eigenvalue weighted by molar-refractivity contribution is 9.10. The first-order valence-corrected chi connectivity index (χ1v) is 4.57. The Morgan fingerprint density at radius 2 is 2.08 bits per heavy atom. The van der Waals surface area contributed by atoms with E-state index in [-0.39, 0.29) is 0 Å². The van der Waals surface area contributed by atoms with E-state index in [0.717, 1.165) is 9.99 Å². The van der Waals surface area contributed by atoms with Crippen LogP contribution >= 0.6 is 15.9 Å². The summed E-state index contributed by atoms with van der Waals surface area (Å²) in [6.07, 6.45) is 1.89. The Morgan fingerprint density at radius 3 is 2.92 bits per heavy atom. The summed E-state index contributed by atoms with van der Waals surface area (Å²) in [6.45, 7) is 2.05. The molecule has 0 aliphatic heterocycles. The molecule has 0 amide bonds. The SMILES string of the molecule is Cc1cnc2ccc(Br)cc2c1. The lowest BCUT2D eigenvalue weighted by molar-refractivity contribution is 1.33. The Morgan fingerprint density at radius 1 is 1.25 bits per heavy atom. The molecule has 2 rings (SSSR count). The fraction of sp³-hybridized carbons (Fsp3) is 0.100. The Bertz CT molecular complexity index is 386. The highest BCUT2D eigenvalue weighted by atomic mass is 79.9. The molecule has 60 valence electrons. The summed E-state index contributed by atoms with van der Waals surface area (Å²) < 4.78 is 1.10. The fourth-order valence-corrected chi connectivity index (χ4v) is 1.59. The molecular formula is C10H8BrN. The van der Waals surface area contributed by atoms with Crippen LogP contribution in [0.4, 0.5) is 0 Å². The van der Waals surface area contributed by atoms with E-state index in [4.69, 9.17) is 0 Å². The second kappa shape index (κ2) is 2.87. The Kier molecular flexibility index (Phi) is 1.85. The van der Waals surface area contributed by atoms with Crippen LogP contribution in [0.25, 0.3) is 10.9 Å². The molecule has 2 heteroatoms. The Labute approximate surface area is 79.6 Å². The molecule has 0 radical (unpaired) electrons. The molecule has 0 fully saturated rings. The van der Waals surface area contributed by atoms with Gasteiger partial charge < -0.3 is 0 Å². The van der Waals surface area contributed by atoms with Crippen molar-refractivity contribution in [2.24, 2.45) is 0 Å². The lowest BCUT2D eigenvalue weighted by atomic mass is 10.2. The molecule has 0 saturated carbocycles. The average molecular weight is 222 g/mol. The number of benzene rings is 1. The average Bonchev–Trinajstić information content (AvgIpc) is 2.03. The molecule has 1 heterocycles. The molecule has 0 bridgehead atoms.